The van der Waals surface area contributed by atoms with E-state index in [-0.39, 0.29) is 41.5 Å². The predicted octanol–water partition coefficient (Wildman–Crippen LogP) is 5.14. The van der Waals surface area contributed by atoms with Crippen molar-refractivity contribution in [3.8, 4) is 11.8 Å². The summed E-state index contributed by atoms with van der Waals surface area (Å²) in [7, 11) is 0. The molecule has 0 spiro atoms. The van der Waals surface area contributed by atoms with E-state index in [4.69, 9.17) is 26.3 Å². The first kappa shape index (κ1) is 40.0. The highest BCUT2D eigenvalue weighted by molar-refractivity contribution is 6.31. The first-order chi connectivity index (χ1) is 28.6. The van der Waals surface area contributed by atoms with Crippen LogP contribution in [0.3, 0.4) is 0 Å². The highest BCUT2D eigenvalue weighted by atomic mass is 35.5. The summed E-state index contributed by atoms with van der Waals surface area (Å²) in [6.07, 6.45) is 5.98. The molecule has 3 aromatic rings. The lowest BCUT2D eigenvalue weighted by Crippen LogP contribution is -2.66. The Bertz CT molecular complexity index is 2320. The number of rotatable bonds is 10. The fourth-order valence-corrected chi connectivity index (χ4v) is 11.6. The van der Waals surface area contributed by atoms with Crippen molar-refractivity contribution < 1.29 is 28.7 Å². The van der Waals surface area contributed by atoms with Crippen LogP contribution < -0.4 is 19.9 Å². The smallest absolute Gasteiger partial charge is 0.262 e. The molecule has 15 heteroatoms. The second kappa shape index (κ2) is 15.0. The molecular weight excluding hydrogens is 784 g/mol. The summed E-state index contributed by atoms with van der Waals surface area (Å²) < 4.78 is 6.41. The van der Waals surface area contributed by atoms with Crippen LogP contribution in [-0.2, 0) is 9.59 Å². The Kier molecular flexibility index (Phi) is 9.98. The van der Waals surface area contributed by atoms with Gasteiger partial charge >= 0.3 is 0 Å². The molecule has 3 saturated heterocycles. The standard InChI is InChI=1S/C45H49ClN8O6/c1-44(2)37(45(3,4)42(44)60-31-7-5-25(20-47)34(46)18-31)19-36(55)28-21-48-43(49-22-28)53-24-27-16-30(53)15-26(27)23-51-11-13-52(14-12-51)29-6-8-32-33(17-29)41(59)54(40(32)58)35-9-10-38(56)50-39(35)57/h5-8,17-18,21-22,26-27,30,35,37,42H,9-16,19,23-24H2,1-4H3,(H,50,56,57)/t26-,27+,30-,35?,37?,42?/m0/s1. The molecule has 312 valence electrons. The van der Waals surface area contributed by atoms with Gasteiger partial charge < -0.3 is 14.5 Å². The normalized spacial score (nSPS) is 28.0. The molecule has 5 heterocycles. The van der Waals surface area contributed by atoms with Crippen LogP contribution in [0.1, 0.15) is 96.4 Å². The van der Waals surface area contributed by atoms with Crippen molar-refractivity contribution in [2.75, 3.05) is 49.1 Å². The molecule has 2 aromatic carbocycles. The van der Waals surface area contributed by atoms with Gasteiger partial charge in [-0.25, -0.2) is 9.97 Å². The molecule has 6 aliphatic rings. The van der Waals surface area contributed by atoms with Gasteiger partial charge in [0.2, 0.25) is 17.8 Å². The number of Topliss-reactive ketones (excluding diaryl/α,β-unsaturated/α-hetero) is 1. The third-order valence-corrected chi connectivity index (χ3v) is 14.7. The summed E-state index contributed by atoms with van der Waals surface area (Å²) in [4.78, 5) is 81.7. The van der Waals surface area contributed by atoms with Gasteiger partial charge in [-0.15, -0.1) is 0 Å². The number of benzene rings is 2. The monoisotopic (exact) mass is 832 g/mol. The number of anilines is 2. The van der Waals surface area contributed by atoms with E-state index < -0.39 is 29.7 Å². The number of piperazine rings is 1. The van der Waals surface area contributed by atoms with Crippen molar-refractivity contribution in [3.05, 3.63) is 76.1 Å². The number of halogens is 1. The average Bonchev–Trinajstić information content (AvgIpc) is 3.90. The van der Waals surface area contributed by atoms with Gasteiger partial charge in [-0.3, -0.25) is 39.1 Å². The van der Waals surface area contributed by atoms with Gasteiger partial charge in [0.1, 0.15) is 24.0 Å². The van der Waals surface area contributed by atoms with Crippen LogP contribution >= 0.6 is 11.6 Å². The molecule has 9 rings (SSSR count). The number of carbonyl (C=O) groups is 5. The molecule has 2 aliphatic carbocycles. The van der Waals surface area contributed by atoms with Crippen molar-refractivity contribution in [1.82, 2.24) is 25.1 Å². The fraction of sp³-hybridized carbons (Fsp3) is 0.511. The number of piperidine rings is 2. The molecular formula is C45H49ClN8O6. The van der Waals surface area contributed by atoms with Crippen molar-refractivity contribution in [3.63, 3.8) is 0 Å². The largest absolute Gasteiger partial charge is 0.489 e. The number of ether oxygens (including phenoxy) is 1. The molecule has 4 atom stereocenters. The molecule has 0 radical (unpaired) electrons. The highest BCUT2D eigenvalue weighted by Crippen LogP contribution is 2.62. The van der Waals surface area contributed by atoms with Crippen molar-refractivity contribution in [1.29, 1.82) is 5.26 Å². The van der Waals surface area contributed by atoms with Crippen LogP contribution in [0.4, 0.5) is 11.6 Å². The van der Waals surface area contributed by atoms with Gasteiger partial charge in [0.15, 0.2) is 5.78 Å². The minimum absolute atomic E-state index is 0.0202. The number of nitrogens with zero attached hydrogens (tertiary/aromatic N) is 7. The lowest BCUT2D eigenvalue weighted by molar-refractivity contribution is -0.196. The van der Waals surface area contributed by atoms with Crippen LogP contribution in [0.5, 0.6) is 5.75 Å². The Balaban J connectivity index is 0.750. The van der Waals surface area contributed by atoms with E-state index in [1.54, 1.807) is 42.7 Å². The zero-order valence-electron chi connectivity index (χ0n) is 34.3. The van der Waals surface area contributed by atoms with Gasteiger partial charge in [0.05, 0.1) is 27.3 Å². The average molecular weight is 833 g/mol. The number of fused-ring (bicyclic) bond motifs is 3. The molecule has 1 N–H and O–H groups in total. The summed E-state index contributed by atoms with van der Waals surface area (Å²) in [6, 6.07) is 11.9. The first-order valence-corrected chi connectivity index (χ1v) is 21.3. The second-order valence-electron chi connectivity index (χ2n) is 18.6. The van der Waals surface area contributed by atoms with E-state index in [1.165, 1.54) is 0 Å². The van der Waals surface area contributed by atoms with Crippen LogP contribution in [0, 0.1) is 39.9 Å². The van der Waals surface area contributed by atoms with Gasteiger partial charge in [0, 0.05) is 93.1 Å². The number of imide groups is 2. The van der Waals surface area contributed by atoms with E-state index >= 15 is 0 Å². The number of ketones is 1. The summed E-state index contributed by atoms with van der Waals surface area (Å²) in [5, 5.41) is 11.8. The number of amides is 4. The number of nitriles is 1. The summed E-state index contributed by atoms with van der Waals surface area (Å²) in [6.45, 7) is 13.8. The van der Waals surface area contributed by atoms with E-state index in [0.717, 1.165) is 62.7 Å². The number of carbonyl (C=O) groups excluding carboxylic acids is 5. The fourth-order valence-electron chi connectivity index (χ4n) is 11.4. The molecule has 1 aromatic heterocycles. The van der Waals surface area contributed by atoms with Gasteiger partial charge in [0.25, 0.3) is 11.8 Å². The van der Waals surface area contributed by atoms with E-state index in [9.17, 15) is 29.2 Å². The highest BCUT2D eigenvalue weighted by Gasteiger charge is 2.63. The Morgan fingerprint density at radius 3 is 2.32 bits per heavy atom. The minimum atomic E-state index is -0.979. The lowest BCUT2D eigenvalue weighted by atomic mass is 9.44. The first-order valence-electron chi connectivity index (χ1n) is 20.9. The minimum Gasteiger partial charge on any atom is -0.489 e. The predicted molar refractivity (Wildman–Crippen MR) is 222 cm³/mol. The molecule has 2 bridgehead atoms. The molecule has 4 aliphatic heterocycles. The molecule has 1 unspecified atom stereocenters. The number of aromatic nitrogens is 2. The van der Waals surface area contributed by atoms with Crippen LogP contribution in [-0.4, -0.2) is 107 Å². The van der Waals surface area contributed by atoms with Gasteiger partial charge in [-0.2, -0.15) is 5.26 Å². The van der Waals surface area contributed by atoms with Gasteiger partial charge in [-0.1, -0.05) is 39.3 Å². The van der Waals surface area contributed by atoms with Crippen LogP contribution in [0.2, 0.25) is 5.02 Å². The number of hydrogen-bond acceptors (Lipinski definition) is 12. The van der Waals surface area contributed by atoms with Crippen LogP contribution in [0.25, 0.3) is 0 Å². The quantitative estimate of drug-likeness (QED) is 0.211. The maximum Gasteiger partial charge on any atom is 0.262 e. The molecule has 5 fully saturated rings. The lowest BCUT2D eigenvalue weighted by Gasteiger charge is -2.63. The van der Waals surface area contributed by atoms with E-state index in [1.807, 2.05) is 6.07 Å². The zero-order chi connectivity index (χ0) is 42.2. The SMILES string of the molecule is CC1(C)C(CC(=O)c2cnc(N3C[C@H]4C[C@@H]3C[C@H]4CN3CCN(c4ccc5c(c4)C(=O)N(C4CCC(=O)NC4=O)C5=O)CC3)nc2)C(C)(C)C1Oc1ccc(C#N)c(Cl)c1. The third kappa shape index (κ3) is 6.79. The topological polar surface area (TPSA) is 169 Å². The van der Waals surface area contributed by atoms with Crippen molar-refractivity contribution in [2.45, 2.75) is 78.0 Å². The second-order valence-corrected chi connectivity index (χ2v) is 19.0. The summed E-state index contributed by atoms with van der Waals surface area (Å²) in [5.41, 5.74) is 1.83. The maximum atomic E-state index is 13.6. The molecule has 4 amide bonds. The summed E-state index contributed by atoms with van der Waals surface area (Å²) in [5.74, 6) is 0.518. The van der Waals surface area contributed by atoms with Crippen molar-refractivity contribution >= 4 is 52.6 Å². The van der Waals surface area contributed by atoms with Gasteiger partial charge in [-0.05, 0) is 67.3 Å². The number of nitrogens with one attached hydrogen (secondary N) is 1. The number of hydrogen-bond donors (Lipinski definition) is 1. The Labute approximate surface area is 354 Å². The summed E-state index contributed by atoms with van der Waals surface area (Å²) >= 11 is 6.26. The molecule has 60 heavy (non-hydrogen) atoms. The Morgan fingerprint density at radius 2 is 1.67 bits per heavy atom. The van der Waals surface area contributed by atoms with E-state index in [0.29, 0.717) is 63.3 Å². The maximum absolute atomic E-state index is 13.6. The Morgan fingerprint density at radius 1 is 0.950 bits per heavy atom. The Hall–Kier alpha value is -5.39. The van der Waals surface area contributed by atoms with E-state index in [2.05, 4.69) is 53.8 Å². The molecule has 2 saturated carbocycles. The van der Waals surface area contributed by atoms with Crippen molar-refractivity contribution in [2.24, 2.45) is 28.6 Å². The molecule has 14 nitrogen and oxygen atoms in total. The van der Waals surface area contributed by atoms with Crippen LogP contribution in [0.15, 0.2) is 48.8 Å². The zero-order valence-corrected chi connectivity index (χ0v) is 35.1. The third-order valence-electron chi connectivity index (χ3n) is 14.4.